The number of hydrogen-bond donors (Lipinski definition) is 3. The largest absolute Gasteiger partial charge is 0.465 e. The number of Topliss-reactive ketones (excluding diaryl/α,β-unsaturated/α-hetero) is 1. The second kappa shape index (κ2) is 9.53. The highest BCUT2D eigenvalue weighted by molar-refractivity contribution is 6.38. The highest BCUT2D eigenvalue weighted by Crippen LogP contribution is 2.27. The molecule has 0 saturated carbocycles. The zero-order valence-corrected chi connectivity index (χ0v) is 18.0. The van der Waals surface area contributed by atoms with Crippen LogP contribution in [0.1, 0.15) is 28.0 Å². The number of primary amides is 1. The van der Waals surface area contributed by atoms with Crippen molar-refractivity contribution in [2.75, 3.05) is 11.4 Å². The molecule has 1 aliphatic heterocycles. The third-order valence-corrected chi connectivity index (χ3v) is 5.48. The summed E-state index contributed by atoms with van der Waals surface area (Å²) in [7, 11) is 0. The molecule has 1 atom stereocenters. The van der Waals surface area contributed by atoms with Crippen LogP contribution in [0.3, 0.4) is 0 Å². The fourth-order valence-corrected chi connectivity index (χ4v) is 3.86. The Morgan fingerprint density at radius 1 is 1.12 bits per heavy atom. The van der Waals surface area contributed by atoms with E-state index in [1.807, 2.05) is 6.07 Å². The first kappa shape index (κ1) is 22.6. The molecule has 11 heteroatoms. The Labute approximate surface area is 194 Å². The van der Waals surface area contributed by atoms with Crippen LogP contribution in [-0.4, -0.2) is 56.1 Å². The highest BCUT2D eigenvalue weighted by Gasteiger charge is 2.29. The number of carboxylic acid groups (broad SMARTS) is 1. The molecule has 1 aliphatic rings. The molecule has 0 saturated heterocycles. The number of hydrogen-bond acceptors (Lipinski definition) is 6. The molecule has 0 aliphatic carbocycles. The van der Waals surface area contributed by atoms with E-state index in [1.165, 1.54) is 28.0 Å². The van der Waals surface area contributed by atoms with Gasteiger partial charge in [-0.3, -0.25) is 19.3 Å². The Morgan fingerprint density at radius 3 is 2.59 bits per heavy atom. The lowest BCUT2D eigenvalue weighted by Gasteiger charge is -2.22. The van der Waals surface area contributed by atoms with Crippen LogP contribution >= 0.6 is 0 Å². The molecule has 0 fully saturated rings. The van der Waals surface area contributed by atoms with Crippen molar-refractivity contribution >= 4 is 29.4 Å². The normalized spacial score (nSPS) is 13.6. The number of nitrogens with two attached hydrogens (primary N) is 1. The SMILES string of the molecule is NC(=O)C(=O)C(Cc1ccccc1)NC(=O)c1cccnc1-n1cc2c(n1)CCCN2C(=O)O. The van der Waals surface area contributed by atoms with E-state index in [2.05, 4.69) is 15.4 Å². The molecule has 0 bridgehead atoms. The summed E-state index contributed by atoms with van der Waals surface area (Å²) in [5, 5.41) is 16.5. The summed E-state index contributed by atoms with van der Waals surface area (Å²) >= 11 is 0. The van der Waals surface area contributed by atoms with Gasteiger partial charge in [-0.25, -0.2) is 14.5 Å². The summed E-state index contributed by atoms with van der Waals surface area (Å²) in [6, 6.07) is 10.8. The third kappa shape index (κ3) is 4.63. The highest BCUT2D eigenvalue weighted by atomic mass is 16.4. The van der Waals surface area contributed by atoms with Crippen LogP contribution < -0.4 is 16.0 Å². The van der Waals surface area contributed by atoms with Crippen molar-refractivity contribution in [2.45, 2.75) is 25.3 Å². The lowest BCUT2D eigenvalue weighted by molar-refractivity contribution is -0.137. The first-order chi connectivity index (χ1) is 16.3. The molecule has 0 spiro atoms. The van der Waals surface area contributed by atoms with Gasteiger partial charge in [-0.15, -0.1) is 0 Å². The molecule has 1 unspecified atom stereocenters. The zero-order valence-electron chi connectivity index (χ0n) is 18.0. The van der Waals surface area contributed by atoms with Gasteiger partial charge in [0.25, 0.3) is 11.8 Å². The van der Waals surface area contributed by atoms with Crippen molar-refractivity contribution in [2.24, 2.45) is 5.73 Å². The second-order valence-corrected chi connectivity index (χ2v) is 7.76. The monoisotopic (exact) mass is 462 g/mol. The minimum atomic E-state index is -1.17. The number of amides is 3. The van der Waals surface area contributed by atoms with Crippen LogP contribution in [0.5, 0.6) is 0 Å². The number of ketones is 1. The maximum absolute atomic E-state index is 13.2. The number of aryl methyl sites for hydroxylation is 1. The Bertz CT molecular complexity index is 1260. The van der Waals surface area contributed by atoms with Crippen LogP contribution in [0.2, 0.25) is 0 Å². The number of nitrogens with zero attached hydrogens (tertiary/aromatic N) is 4. The first-order valence-corrected chi connectivity index (χ1v) is 10.6. The minimum Gasteiger partial charge on any atom is -0.465 e. The minimum absolute atomic E-state index is 0.0770. The van der Waals surface area contributed by atoms with Gasteiger partial charge in [-0.1, -0.05) is 30.3 Å². The predicted octanol–water partition coefficient (Wildman–Crippen LogP) is 1.09. The van der Waals surface area contributed by atoms with Gasteiger partial charge in [-0.05, 0) is 30.5 Å². The van der Waals surface area contributed by atoms with Crippen LogP contribution in [0, 0.1) is 0 Å². The van der Waals surface area contributed by atoms with E-state index in [0.29, 0.717) is 30.8 Å². The van der Waals surface area contributed by atoms with E-state index in [1.54, 1.807) is 30.3 Å². The standard InChI is InChI=1S/C23H22N6O5/c24-20(31)19(30)17(12-14-6-2-1-3-7-14)26-22(32)15-8-4-10-25-21(15)29-13-18-16(27-29)9-5-11-28(18)23(33)34/h1-4,6-8,10,13,17H,5,9,11-12H2,(H2,24,31)(H,26,32)(H,33,34). The Morgan fingerprint density at radius 2 is 1.88 bits per heavy atom. The van der Waals surface area contributed by atoms with E-state index in [4.69, 9.17) is 5.73 Å². The van der Waals surface area contributed by atoms with Gasteiger partial charge in [-0.2, -0.15) is 5.10 Å². The molecule has 34 heavy (non-hydrogen) atoms. The van der Waals surface area contributed by atoms with Crippen LogP contribution in [0.25, 0.3) is 5.82 Å². The number of pyridine rings is 1. The predicted molar refractivity (Wildman–Crippen MR) is 121 cm³/mol. The molecule has 2 aromatic heterocycles. The molecular weight excluding hydrogens is 440 g/mol. The Balaban J connectivity index is 1.64. The topological polar surface area (TPSA) is 161 Å². The maximum atomic E-state index is 13.2. The number of anilines is 1. The summed E-state index contributed by atoms with van der Waals surface area (Å²) in [5.41, 5.74) is 7.05. The van der Waals surface area contributed by atoms with Crippen molar-refractivity contribution < 1.29 is 24.3 Å². The number of carbonyl (C=O) groups is 4. The molecule has 1 aromatic carbocycles. The van der Waals surface area contributed by atoms with E-state index < -0.39 is 29.7 Å². The Kier molecular flexibility index (Phi) is 6.35. The van der Waals surface area contributed by atoms with E-state index in [-0.39, 0.29) is 17.8 Å². The summed E-state index contributed by atoms with van der Waals surface area (Å²) in [5.74, 6) is -2.57. The number of aromatic nitrogens is 3. The number of benzene rings is 1. The van der Waals surface area contributed by atoms with Crippen LogP contribution in [-0.2, 0) is 22.4 Å². The summed E-state index contributed by atoms with van der Waals surface area (Å²) in [4.78, 5) is 54.2. The molecule has 3 heterocycles. The van der Waals surface area contributed by atoms with Crippen molar-refractivity contribution in [3.8, 4) is 5.82 Å². The first-order valence-electron chi connectivity index (χ1n) is 10.6. The Hall–Kier alpha value is -4.54. The van der Waals surface area contributed by atoms with Gasteiger partial charge in [0.1, 0.15) is 6.04 Å². The van der Waals surface area contributed by atoms with Crippen molar-refractivity contribution in [1.82, 2.24) is 20.1 Å². The fraction of sp³-hybridized carbons (Fsp3) is 0.217. The van der Waals surface area contributed by atoms with E-state index in [9.17, 15) is 24.3 Å². The second-order valence-electron chi connectivity index (χ2n) is 7.76. The third-order valence-electron chi connectivity index (χ3n) is 5.48. The molecular formula is C23H22N6O5. The molecule has 174 valence electrons. The lowest BCUT2D eigenvalue weighted by atomic mass is 10.0. The van der Waals surface area contributed by atoms with Gasteiger partial charge in [0.15, 0.2) is 5.82 Å². The van der Waals surface area contributed by atoms with Crippen molar-refractivity contribution in [3.63, 3.8) is 0 Å². The van der Waals surface area contributed by atoms with E-state index >= 15 is 0 Å². The molecule has 4 N–H and O–H groups in total. The summed E-state index contributed by atoms with van der Waals surface area (Å²) in [6.45, 7) is 0.347. The van der Waals surface area contributed by atoms with Crippen LogP contribution in [0.15, 0.2) is 54.9 Å². The van der Waals surface area contributed by atoms with Gasteiger partial charge in [0, 0.05) is 19.2 Å². The zero-order chi connectivity index (χ0) is 24.2. The van der Waals surface area contributed by atoms with E-state index in [0.717, 1.165) is 5.56 Å². The molecule has 4 rings (SSSR count). The van der Waals surface area contributed by atoms with Crippen molar-refractivity contribution in [3.05, 3.63) is 71.7 Å². The van der Waals surface area contributed by atoms with Gasteiger partial charge in [0.05, 0.1) is 23.1 Å². The molecule has 11 nitrogen and oxygen atoms in total. The molecule has 0 radical (unpaired) electrons. The smallest absolute Gasteiger partial charge is 0.411 e. The molecule has 3 aromatic rings. The average Bonchev–Trinajstić information content (AvgIpc) is 3.28. The lowest BCUT2D eigenvalue weighted by Crippen LogP contribution is -2.47. The summed E-state index contributed by atoms with van der Waals surface area (Å²) in [6.07, 6.45) is 3.19. The number of fused-ring (bicyclic) bond motifs is 1. The van der Waals surface area contributed by atoms with Crippen LogP contribution in [0.4, 0.5) is 10.5 Å². The average molecular weight is 462 g/mol. The van der Waals surface area contributed by atoms with Gasteiger partial charge >= 0.3 is 6.09 Å². The number of rotatable bonds is 7. The number of nitrogens with one attached hydrogen (secondary N) is 1. The van der Waals surface area contributed by atoms with Gasteiger partial charge < -0.3 is 16.2 Å². The fourth-order valence-electron chi connectivity index (χ4n) is 3.86. The maximum Gasteiger partial charge on any atom is 0.411 e. The van der Waals surface area contributed by atoms with Crippen molar-refractivity contribution in [1.29, 1.82) is 0 Å². The summed E-state index contributed by atoms with van der Waals surface area (Å²) < 4.78 is 1.35. The quantitative estimate of drug-likeness (QED) is 0.443. The van der Waals surface area contributed by atoms with Gasteiger partial charge in [0.2, 0.25) is 5.78 Å². The number of carbonyl (C=O) groups excluding carboxylic acids is 3. The molecule has 3 amide bonds.